The van der Waals surface area contributed by atoms with Crippen LogP contribution in [-0.4, -0.2) is 37.3 Å². The molecular formula is C21H17N5O2S. The van der Waals surface area contributed by atoms with Gasteiger partial charge in [-0.3, -0.25) is 9.59 Å². The predicted octanol–water partition coefficient (Wildman–Crippen LogP) is 3.72. The molecule has 0 unspecified atom stereocenters. The fraction of sp³-hybridized carbons (Fsp3) is 0.0952. The van der Waals surface area contributed by atoms with Crippen LogP contribution >= 0.6 is 11.8 Å². The van der Waals surface area contributed by atoms with Crippen LogP contribution in [-0.2, 0) is 4.79 Å². The van der Waals surface area contributed by atoms with Crippen LogP contribution in [0.1, 0.15) is 17.3 Å². The number of amides is 1. The molecule has 2 heterocycles. The van der Waals surface area contributed by atoms with E-state index < -0.39 is 0 Å². The molecule has 0 spiro atoms. The molecule has 0 aliphatic heterocycles. The molecule has 0 radical (unpaired) electrons. The summed E-state index contributed by atoms with van der Waals surface area (Å²) in [7, 11) is 0. The van der Waals surface area contributed by atoms with Crippen LogP contribution in [0.5, 0.6) is 0 Å². The smallest absolute Gasteiger partial charge is 0.234 e. The topological polar surface area (TPSA) is 89.2 Å². The lowest BCUT2D eigenvalue weighted by Crippen LogP contribution is -2.14. The van der Waals surface area contributed by atoms with Gasteiger partial charge in [-0.15, -0.1) is 10.2 Å². The Morgan fingerprint density at radius 3 is 2.45 bits per heavy atom. The second-order valence-corrected chi connectivity index (χ2v) is 7.30. The van der Waals surface area contributed by atoms with Gasteiger partial charge in [-0.05, 0) is 43.3 Å². The van der Waals surface area contributed by atoms with E-state index >= 15 is 0 Å². The van der Waals surface area contributed by atoms with Crippen LogP contribution in [0.15, 0.2) is 71.8 Å². The summed E-state index contributed by atoms with van der Waals surface area (Å²) in [5, 5.41) is 16.4. The highest BCUT2D eigenvalue weighted by molar-refractivity contribution is 7.99. The molecule has 0 fully saturated rings. The van der Waals surface area contributed by atoms with E-state index in [0.29, 0.717) is 27.7 Å². The molecule has 0 aliphatic rings. The van der Waals surface area contributed by atoms with Crippen LogP contribution in [0.3, 0.4) is 0 Å². The van der Waals surface area contributed by atoms with E-state index in [1.807, 2.05) is 42.5 Å². The summed E-state index contributed by atoms with van der Waals surface area (Å²) < 4.78 is 1.68. The highest BCUT2D eigenvalue weighted by Gasteiger charge is 2.11. The second-order valence-electron chi connectivity index (χ2n) is 6.30. The molecule has 0 saturated heterocycles. The van der Waals surface area contributed by atoms with Crippen LogP contribution in [0.25, 0.3) is 17.0 Å². The first kappa shape index (κ1) is 18.8. The lowest BCUT2D eigenvalue weighted by atomic mass is 10.1. The number of ketones is 1. The Labute approximate surface area is 171 Å². The van der Waals surface area contributed by atoms with Crippen LogP contribution in [0.2, 0.25) is 0 Å². The van der Waals surface area contributed by atoms with Gasteiger partial charge < -0.3 is 5.32 Å². The van der Waals surface area contributed by atoms with Crippen LogP contribution < -0.4 is 5.32 Å². The average molecular weight is 403 g/mol. The second kappa shape index (κ2) is 8.24. The molecule has 4 rings (SSSR count). The van der Waals surface area contributed by atoms with E-state index in [4.69, 9.17) is 0 Å². The first-order chi connectivity index (χ1) is 14.1. The third-order valence-electron chi connectivity index (χ3n) is 4.20. The van der Waals surface area contributed by atoms with Gasteiger partial charge in [0.05, 0.1) is 5.75 Å². The van der Waals surface area contributed by atoms with Crippen molar-refractivity contribution in [1.29, 1.82) is 0 Å². The van der Waals surface area contributed by atoms with Gasteiger partial charge in [-0.1, -0.05) is 42.1 Å². The molecule has 2 aromatic heterocycles. The third kappa shape index (κ3) is 4.33. The van der Waals surface area contributed by atoms with Gasteiger partial charge in [0.25, 0.3) is 0 Å². The Hall–Kier alpha value is -3.52. The molecule has 1 N–H and O–H groups in total. The standard InChI is InChI=1S/C21H17N5O2S/c1-14(27)15-7-9-17(10-8-15)22-19(28)13-29-20-12-11-18-23-24-21(26(18)25-20)16-5-3-2-4-6-16/h2-12H,13H2,1H3,(H,22,28). The Kier molecular flexibility index (Phi) is 5.35. The number of anilines is 1. The zero-order chi connectivity index (χ0) is 20.2. The van der Waals surface area contributed by atoms with Crippen LogP contribution in [0.4, 0.5) is 5.69 Å². The van der Waals surface area contributed by atoms with Crippen molar-refractivity contribution in [2.24, 2.45) is 0 Å². The van der Waals surface area contributed by atoms with Crippen molar-refractivity contribution < 1.29 is 9.59 Å². The molecule has 144 valence electrons. The molecule has 7 nitrogen and oxygen atoms in total. The number of carbonyl (C=O) groups is 2. The van der Waals surface area contributed by atoms with Gasteiger partial charge in [0, 0.05) is 16.8 Å². The average Bonchev–Trinajstić information content (AvgIpc) is 3.16. The zero-order valence-electron chi connectivity index (χ0n) is 15.6. The van der Waals surface area contributed by atoms with Gasteiger partial charge in [-0.2, -0.15) is 9.61 Å². The molecule has 29 heavy (non-hydrogen) atoms. The van der Waals surface area contributed by atoms with Crippen molar-refractivity contribution >= 4 is 34.8 Å². The van der Waals surface area contributed by atoms with E-state index in [2.05, 4.69) is 20.6 Å². The maximum absolute atomic E-state index is 12.2. The number of rotatable bonds is 6. The van der Waals surface area contributed by atoms with Crippen molar-refractivity contribution in [2.75, 3.05) is 11.1 Å². The Balaban J connectivity index is 1.44. The maximum atomic E-state index is 12.2. The van der Waals surface area contributed by atoms with Crippen molar-refractivity contribution in [3.8, 4) is 11.4 Å². The highest BCUT2D eigenvalue weighted by atomic mass is 32.2. The normalized spacial score (nSPS) is 10.8. The van der Waals surface area contributed by atoms with E-state index in [0.717, 1.165) is 5.56 Å². The summed E-state index contributed by atoms with van der Waals surface area (Å²) in [6.07, 6.45) is 0. The maximum Gasteiger partial charge on any atom is 0.234 e. The SMILES string of the molecule is CC(=O)c1ccc(NC(=O)CSc2ccc3nnc(-c4ccccc4)n3n2)cc1. The number of fused-ring (bicyclic) bond motifs is 1. The Bertz CT molecular complexity index is 1170. The first-order valence-corrected chi connectivity index (χ1v) is 9.90. The van der Waals surface area contributed by atoms with E-state index in [-0.39, 0.29) is 17.4 Å². The fourth-order valence-electron chi connectivity index (χ4n) is 2.74. The van der Waals surface area contributed by atoms with Crippen molar-refractivity contribution in [2.45, 2.75) is 11.9 Å². The molecule has 2 aromatic carbocycles. The van der Waals surface area contributed by atoms with Gasteiger partial charge >= 0.3 is 0 Å². The molecule has 0 aliphatic carbocycles. The molecule has 1 amide bonds. The molecule has 0 bridgehead atoms. The zero-order valence-corrected chi connectivity index (χ0v) is 16.4. The minimum absolute atomic E-state index is 0.0104. The summed E-state index contributed by atoms with van der Waals surface area (Å²) >= 11 is 1.32. The van der Waals surface area contributed by atoms with Gasteiger partial charge in [0.1, 0.15) is 5.03 Å². The van der Waals surface area contributed by atoms with E-state index in [1.54, 1.807) is 28.8 Å². The lowest BCUT2D eigenvalue weighted by molar-refractivity contribution is -0.113. The van der Waals surface area contributed by atoms with E-state index in [9.17, 15) is 9.59 Å². The Morgan fingerprint density at radius 2 is 1.72 bits per heavy atom. The van der Waals surface area contributed by atoms with Gasteiger partial charge in [0.2, 0.25) is 5.91 Å². The van der Waals surface area contributed by atoms with Crippen LogP contribution in [0, 0.1) is 0 Å². The highest BCUT2D eigenvalue weighted by Crippen LogP contribution is 2.21. The largest absolute Gasteiger partial charge is 0.325 e. The minimum atomic E-state index is -0.153. The number of benzene rings is 2. The van der Waals surface area contributed by atoms with Gasteiger partial charge in [-0.25, -0.2) is 0 Å². The molecule has 4 aromatic rings. The Morgan fingerprint density at radius 1 is 0.966 bits per heavy atom. The molecular weight excluding hydrogens is 386 g/mol. The minimum Gasteiger partial charge on any atom is -0.325 e. The van der Waals surface area contributed by atoms with Crippen molar-refractivity contribution in [1.82, 2.24) is 19.8 Å². The number of thioether (sulfide) groups is 1. The lowest BCUT2D eigenvalue weighted by Gasteiger charge is -2.06. The predicted molar refractivity (Wildman–Crippen MR) is 112 cm³/mol. The molecule has 0 atom stereocenters. The number of hydrogen-bond donors (Lipinski definition) is 1. The molecule has 8 heteroatoms. The number of nitrogens with one attached hydrogen (secondary N) is 1. The summed E-state index contributed by atoms with van der Waals surface area (Å²) in [4.78, 5) is 23.6. The van der Waals surface area contributed by atoms with E-state index in [1.165, 1.54) is 18.7 Å². The summed E-state index contributed by atoms with van der Waals surface area (Å²) in [5.41, 5.74) is 2.82. The number of carbonyl (C=O) groups excluding carboxylic acids is 2. The monoisotopic (exact) mass is 403 g/mol. The first-order valence-electron chi connectivity index (χ1n) is 8.92. The fourth-order valence-corrected chi connectivity index (χ4v) is 3.40. The summed E-state index contributed by atoms with van der Waals surface area (Å²) in [6, 6.07) is 20.2. The number of Topliss-reactive ketones (excluding diaryl/α,β-unsaturated/α-hetero) is 1. The number of aromatic nitrogens is 4. The summed E-state index contributed by atoms with van der Waals surface area (Å²) in [6.45, 7) is 1.51. The number of nitrogens with zero attached hydrogens (tertiary/aromatic N) is 4. The third-order valence-corrected chi connectivity index (χ3v) is 5.12. The molecule has 0 saturated carbocycles. The van der Waals surface area contributed by atoms with Crippen molar-refractivity contribution in [3.05, 3.63) is 72.3 Å². The van der Waals surface area contributed by atoms with Crippen molar-refractivity contribution in [3.63, 3.8) is 0 Å². The van der Waals surface area contributed by atoms with Gasteiger partial charge in [0.15, 0.2) is 17.3 Å². The quantitative estimate of drug-likeness (QED) is 0.390. The number of hydrogen-bond acceptors (Lipinski definition) is 6. The summed E-state index contributed by atoms with van der Waals surface area (Å²) in [5.74, 6) is 0.691.